The average Bonchev–Trinajstić information content (AvgIpc) is 3.02. The summed E-state index contributed by atoms with van der Waals surface area (Å²) >= 11 is 0. The fourth-order valence-electron chi connectivity index (χ4n) is 3.42. The summed E-state index contributed by atoms with van der Waals surface area (Å²) in [5.74, 6) is 0.229. The molecule has 0 saturated carbocycles. The van der Waals surface area contributed by atoms with Crippen LogP contribution in [-0.2, 0) is 4.79 Å². The quantitative estimate of drug-likeness (QED) is 0.901. The Morgan fingerprint density at radius 2 is 2.42 bits per heavy atom. The molecule has 0 aromatic carbocycles. The van der Waals surface area contributed by atoms with Gasteiger partial charge in [0, 0.05) is 32.3 Å². The third-order valence-corrected chi connectivity index (χ3v) is 4.50. The molecule has 3 heterocycles. The van der Waals surface area contributed by atoms with Crippen LogP contribution in [0.1, 0.15) is 21.2 Å². The Kier molecular flexibility index (Phi) is 4.21. The van der Waals surface area contributed by atoms with Crippen LogP contribution in [0.15, 0.2) is 25.0 Å². The molecule has 0 radical (unpaired) electrons. The van der Waals surface area contributed by atoms with E-state index >= 15 is 0 Å². The number of hydrogen-bond acceptors (Lipinski definition) is 4. The lowest BCUT2D eigenvalue weighted by Crippen LogP contribution is -2.44. The van der Waals surface area contributed by atoms with E-state index in [4.69, 9.17) is 10.7 Å². The molecule has 0 bridgehead atoms. The van der Waals surface area contributed by atoms with Crippen LogP contribution >= 0.6 is 0 Å². The largest absolute Gasteiger partial charge is 0.345 e. The van der Waals surface area contributed by atoms with Gasteiger partial charge in [0.1, 0.15) is 11.9 Å². The summed E-state index contributed by atoms with van der Waals surface area (Å²) < 4.78 is 1.79. The molecule has 24 heavy (non-hydrogen) atoms. The number of piperidine rings is 1. The van der Waals surface area contributed by atoms with E-state index in [-0.39, 0.29) is 25.2 Å². The molecule has 1 amide bonds. The molecule has 1 fully saturated rings. The maximum atomic E-state index is 12.1. The fourth-order valence-corrected chi connectivity index (χ4v) is 3.42. The van der Waals surface area contributed by atoms with E-state index in [0.717, 1.165) is 17.6 Å². The van der Waals surface area contributed by atoms with Crippen LogP contribution in [0, 0.1) is 28.6 Å². The molecule has 7 heteroatoms. The first-order valence-electron chi connectivity index (χ1n) is 7.95. The molecule has 3 rings (SSSR count). The zero-order valence-electron chi connectivity index (χ0n) is 13.6. The Morgan fingerprint density at radius 1 is 1.62 bits per heavy atom. The van der Waals surface area contributed by atoms with Gasteiger partial charge in [0.25, 0.3) is 0 Å². The zero-order valence-corrected chi connectivity index (χ0v) is 13.6. The van der Waals surface area contributed by atoms with E-state index in [0.29, 0.717) is 24.7 Å². The third-order valence-electron chi connectivity index (χ3n) is 4.50. The van der Waals surface area contributed by atoms with Crippen LogP contribution in [0.4, 0.5) is 0 Å². The molecule has 2 aromatic rings. The van der Waals surface area contributed by atoms with Crippen molar-refractivity contribution in [3.8, 4) is 6.07 Å². The van der Waals surface area contributed by atoms with Gasteiger partial charge < -0.3 is 9.88 Å². The summed E-state index contributed by atoms with van der Waals surface area (Å²) in [4.78, 5) is 21.1. The Morgan fingerprint density at radius 3 is 3.17 bits per heavy atom. The number of aromatic nitrogens is 3. The second-order valence-corrected chi connectivity index (χ2v) is 6.35. The first kappa shape index (κ1) is 16.0. The summed E-state index contributed by atoms with van der Waals surface area (Å²) in [6.45, 7) is 7.50. The van der Waals surface area contributed by atoms with Crippen molar-refractivity contribution in [2.24, 2.45) is 11.8 Å². The Balaban J connectivity index is 0.00000225. The van der Waals surface area contributed by atoms with Crippen LogP contribution in [0.3, 0.4) is 0 Å². The van der Waals surface area contributed by atoms with Crippen molar-refractivity contribution in [1.82, 2.24) is 19.4 Å². The van der Waals surface area contributed by atoms with Crippen molar-refractivity contribution in [1.29, 1.82) is 10.7 Å². The van der Waals surface area contributed by atoms with E-state index in [1.54, 1.807) is 15.7 Å². The molecule has 0 spiro atoms. The van der Waals surface area contributed by atoms with Crippen LogP contribution in [0.5, 0.6) is 0 Å². The summed E-state index contributed by atoms with van der Waals surface area (Å²) in [6.07, 6.45) is 4.08. The SMILES string of the molecule is C=C(C1CC(C)CN(C(=O)CC#N)C1)n1c(=N)cnc2[nH]ccc21.[HH]. The minimum Gasteiger partial charge on any atom is -0.345 e. The summed E-state index contributed by atoms with van der Waals surface area (Å²) in [6, 6.07) is 3.80. The molecular formula is C17H22N6O. The van der Waals surface area contributed by atoms with Crippen molar-refractivity contribution in [2.75, 3.05) is 13.1 Å². The second kappa shape index (κ2) is 6.32. The normalized spacial score (nSPS) is 20.8. The summed E-state index contributed by atoms with van der Waals surface area (Å²) in [5, 5.41) is 17.0. The van der Waals surface area contributed by atoms with Crippen molar-refractivity contribution >= 4 is 22.8 Å². The van der Waals surface area contributed by atoms with E-state index in [1.807, 2.05) is 12.1 Å². The minimum atomic E-state index is -0.139. The smallest absolute Gasteiger partial charge is 0.236 e. The highest BCUT2D eigenvalue weighted by Gasteiger charge is 2.30. The van der Waals surface area contributed by atoms with Gasteiger partial charge in [-0.1, -0.05) is 13.5 Å². The molecule has 2 atom stereocenters. The lowest BCUT2D eigenvalue weighted by atomic mass is 9.88. The number of hydrogen-bond donors (Lipinski definition) is 2. The molecule has 0 aliphatic carbocycles. The fraction of sp³-hybridized carbons (Fsp3) is 0.412. The number of rotatable bonds is 3. The van der Waals surface area contributed by atoms with Crippen molar-refractivity contribution in [3.63, 3.8) is 0 Å². The van der Waals surface area contributed by atoms with Crippen LogP contribution < -0.4 is 5.49 Å². The number of nitrogens with zero attached hydrogens (tertiary/aromatic N) is 4. The molecule has 126 valence electrons. The topological polar surface area (TPSA) is 102 Å². The van der Waals surface area contributed by atoms with Crippen molar-refractivity contribution < 1.29 is 6.22 Å². The predicted octanol–water partition coefficient (Wildman–Crippen LogP) is 1.96. The molecule has 1 aliphatic rings. The van der Waals surface area contributed by atoms with Gasteiger partial charge in [-0.25, -0.2) is 4.98 Å². The highest BCUT2D eigenvalue weighted by molar-refractivity contribution is 5.79. The van der Waals surface area contributed by atoms with Crippen LogP contribution in [-0.4, -0.2) is 38.4 Å². The predicted molar refractivity (Wildman–Crippen MR) is 91.5 cm³/mol. The number of nitrogens with one attached hydrogen (secondary N) is 2. The van der Waals surface area contributed by atoms with Gasteiger partial charge in [0.15, 0.2) is 5.65 Å². The van der Waals surface area contributed by atoms with Crippen LogP contribution in [0.2, 0.25) is 0 Å². The van der Waals surface area contributed by atoms with Gasteiger partial charge >= 0.3 is 0 Å². The maximum Gasteiger partial charge on any atom is 0.236 e. The molecule has 2 aromatic heterocycles. The summed E-state index contributed by atoms with van der Waals surface area (Å²) in [7, 11) is 0. The van der Waals surface area contributed by atoms with Crippen LogP contribution in [0.25, 0.3) is 16.9 Å². The number of fused-ring (bicyclic) bond motifs is 1. The van der Waals surface area contributed by atoms with Crippen molar-refractivity contribution in [3.05, 3.63) is 30.5 Å². The highest BCUT2D eigenvalue weighted by Crippen LogP contribution is 2.29. The Hall–Kier alpha value is -2.88. The third kappa shape index (κ3) is 2.83. The van der Waals surface area contributed by atoms with Gasteiger partial charge in [0.05, 0.1) is 17.8 Å². The number of likely N-dealkylation sites (tertiary alicyclic amines) is 1. The van der Waals surface area contributed by atoms with E-state index in [1.165, 1.54) is 6.20 Å². The number of amides is 1. The number of nitriles is 1. The zero-order chi connectivity index (χ0) is 17.3. The van der Waals surface area contributed by atoms with E-state index in [9.17, 15) is 4.79 Å². The molecule has 2 unspecified atom stereocenters. The number of carbonyl (C=O) groups excluding carboxylic acids is 1. The molecule has 1 saturated heterocycles. The molecule has 1 aliphatic heterocycles. The van der Waals surface area contributed by atoms with Crippen molar-refractivity contribution in [2.45, 2.75) is 19.8 Å². The molecule has 2 N–H and O–H groups in total. The van der Waals surface area contributed by atoms with Gasteiger partial charge in [-0.3, -0.25) is 14.8 Å². The van der Waals surface area contributed by atoms with Gasteiger partial charge in [-0.15, -0.1) is 0 Å². The molecular weight excluding hydrogens is 304 g/mol. The highest BCUT2D eigenvalue weighted by atomic mass is 16.2. The maximum absolute atomic E-state index is 12.1. The van der Waals surface area contributed by atoms with E-state index in [2.05, 4.69) is 23.5 Å². The Bertz CT molecular complexity index is 892. The second-order valence-electron chi connectivity index (χ2n) is 6.35. The first-order chi connectivity index (χ1) is 11.5. The van der Waals surface area contributed by atoms with Gasteiger partial charge in [-0.2, -0.15) is 5.26 Å². The van der Waals surface area contributed by atoms with Gasteiger partial charge in [-0.05, 0) is 18.4 Å². The first-order valence-corrected chi connectivity index (χ1v) is 7.95. The monoisotopic (exact) mass is 326 g/mol. The lowest BCUT2D eigenvalue weighted by molar-refractivity contribution is -0.132. The van der Waals surface area contributed by atoms with Gasteiger partial charge in [0.2, 0.25) is 5.91 Å². The average molecular weight is 326 g/mol. The Labute approximate surface area is 141 Å². The summed E-state index contributed by atoms with van der Waals surface area (Å²) in [5.41, 5.74) is 2.56. The van der Waals surface area contributed by atoms with E-state index < -0.39 is 0 Å². The number of carbonyl (C=O) groups is 1. The molecule has 7 nitrogen and oxygen atoms in total. The number of H-pyrrole nitrogens is 1. The minimum absolute atomic E-state index is 0. The lowest BCUT2D eigenvalue weighted by Gasteiger charge is -2.37. The standard InChI is InChI=1S/C17H20N6O.H2/c1-11-7-13(10-22(9-11)16(24)3-5-18)12(2)23-14-4-6-20-17(14)21-8-15(23)19;/h4,6,8,11,13,19-20H,2-3,7,9-10H2,1H3;1H. The number of aromatic amines is 1.